The molecule has 1 aromatic carbocycles. The number of rotatable bonds is 3. The SMILES string of the molecule is COc1ccc(Cn2c3c(c(=O)n(C)c2=O)C(I)=NC3)cc1. The molecule has 6 nitrogen and oxygen atoms in total. The summed E-state index contributed by atoms with van der Waals surface area (Å²) in [7, 11) is 3.11. The molecule has 1 aliphatic rings. The molecule has 0 atom stereocenters. The van der Waals surface area contributed by atoms with Crippen LogP contribution >= 0.6 is 22.6 Å². The summed E-state index contributed by atoms with van der Waals surface area (Å²) in [4.78, 5) is 28.9. The molecule has 0 N–H and O–H groups in total. The zero-order chi connectivity index (χ0) is 15.9. The van der Waals surface area contributed by atoms with Crippen LogP contribution in [-0.4, -0.2) is 20.0 Å². The minimum absolute atomic E-state index is 0.281. The van der Waals surface area contributed by atoms with Crippen molar-refractivity contribution < 1.29 is 4.74 Å². The largest absolute Gasteiger partial charge is 0.497 e. The van der Waals surface area contributed by atoms with Gasteiger partial charge in [0.1, 0.15) is 9.47 Å². The number of aliphatic imine (C=N–C) groups is 1. The van der Waals surface area contributed by atoms with Gasteiger partial charge in [-0.05, 0) is 40.3 Å². The smallest absolute Gasteiger partial charge is 0.331 e. The number of benzene rings is 1. The van der Waals surface area contributed by atoms with Gasteiger partial charge in [-0.15, -0.1) is 0 Å². The lowest BCUT2D eigenvalue weighted by molar-refractivity contribution is 0.414. The van der Waals surface area contributed by atoms with E-state index in [0.717, 1.165) is 15.9 Å². The van der Waals surface area contributed by atoms with Gasteiger partial charge in [0.05, 0.1) is 31.5 Å². The molecule has 0 radical (unpaired) electrons. The number of methoxy groups -OCH3 is 1. The Labute approximate surface area is 140 Å². The number of ether oxygens (including phenoxy) is 1. The van der Waals surface area contributed by atoms with Gasteiger partial charge < -0.3 is 4.74 Å². The maximum Gasteiger partial charge on any atom is 0.331 e. The van der Waals surface area contributed by atoms with E-state index in [1.807, 2.05) is 46.9 Å². The zero-order valence-electron chi connectivity index (χ0n) is 12.2. The van der Waals surface area contributed by atoms with Crippen LogP contribution in [0.3, 0.4) is 0 Å². The maximum atomic E-state index is 12.4. The van der Waals surface area contributed by atoms with Crippen molar-refractivity contribution in [3.05, 3.63) is 61.9 Å². The van der Waals surface area contributed by atoms with Gasteiger partial charge in [0.15, 0.2) is 0 Å². The first-order valence-electron chi connectivity index (χ1n) is 6.69. The summed E-state index contributed by atoms with van der Waals surface area (Å²) in [5.41, 5.74) is 1.59. The summed E-state index contributed by atoms with van der Waals surface area (Å²) in [6, 6.07) is 7.51. The molecule has 3 rings (SSSR count). The van der Waals surface area contributed by atoms with Crippen LogP contribution in [0.15, 0.2) is 38.8 Å². The Balaban J connectivity index is 2.10. The van der Waals surface area contributed by atoms with E-state index < -0.39 is 0 Å². The van der Waals surface area contributed by atoms with Crippen molar-refractivity contribution in [3.63, 3.8) is 0 Å². The van der Waals surface area contributed by atoms with Gasteiger partial charge in [0, 0.05) is 7.05 Å². The van der Waals surface area contributed by atoms with Crippen molar-refractivity contribution in [3.8, 4) is 5.75 Å². The summed E-state index contributed by atoms with van der Waals surface area (Å²) < 4.78 is 8.56. The Hall–Kier alpha value is -1.90. The highest BCUT2D eigenvalue weighted by Crippen LogP contribution is 2.19. The fourth-order valence-electron chi connectivity index (χ4n) is 2.48. The molecule has 0 saturated heterocycles. The number of nitrogens with zero attached hydrogens (tertiary/aromatic N) is 3. The van der Waals surface area contributed by atoms with Crippen LogP contribution in [0.5, 0.6) is 5.75 Å². The minimum Gasteiger partial charge on any atom is -0.497 e. The third-order valence-corrected chi connectivity index (χ3v) is 4.60. The first-order chi connectivity index (χ1) is 10.5. The summed E-state index contributed by atoms with van der Waals surface area (Å²) in [5, 5.41) is 0. The fraction of sp³-hybridized carbons (Fsp3) is 0.267. The van der Waals surface area contributed by atoms with Gasteiger partial charge in [-0.2, -0.15) is 0 Å². The Morgan fingerprint density at radius 2 is 1.95 bits per heavy atom. The highest BCUT2D eigenvalue weighted by atomic mass is 127. The Morgan fingerprint density at radius 3 is 2.59 bits per heavy atom. The lowest BCUT2D eigenvalue weighted by Crippen LogP contribution is -2.41. The molecule has 2 heterocycles. The van der Waals surface area contributed by atoms with E-state index in [9.17, 15) is 9.59 Å². The van der Waals surface area contributed by atoms with Crippen LogP contribution in [-0.2, 0) is 20.1 Å². The highest BCUT2D eigenvalue weighted by molar-refractivity contribution is 14.1. The summed E-state index contributed by atoms with van der Waals surface area (Å²) in [5.74, 6) is 0.764. The van der Waals surface area contributed by atoms with E-state index in [-0.39, 0.29) is 11.2 Å². The molecule has 0 unspecified atom stereocenters. The molecule has 0 aliphatic carbocycles. The molecule has 1 aliphatic heterocycles. The predicted octanol–water partition coefficient (Wildman–Crippen LogP) is 1.30. The first kappa shape index (κ1) is 15.0. The number of aromatic nitrogens is 2. The van der Waals surface area contributed by atoms with Gasteiger partial charge in [-0.3, -0.25) is 18.9 Å². The van der Waals surface area contributed by atoms with Gasteiger partial charge in [-0.25, -0.2) is 4.79 Å². The molecule has 7 heteroatoms. The average molecular weight is 411 g/mol. The topological polar surface area (TPSA) is 65.6 Å². The molecule has 0 bridgehead atoms. The second-order valence-electron chi connectivity index (χ2n) is 5.01. The molecule has 0 fully saturated rings. The Bertz CT molecular complexity index is 879. The number of fused-ring (bicyclic) bond motifs is 1. The molecule has 2 aromatic rings. The van der Waals surface area contributed by atoms with Gasteiger partial charge >= 0.3 is 5.69 Å². The van der Waals surface area contributed by atoms with Crippen LogP contribution in [0.1, 0.15) is 16.8 Å². The Morgan fingerprint density at radius 1 is 1.27 bits per heavy atom. The number of hydrogen-bond acceptors (Lipinski definition) is 4. The van der Waals surface area contributed by atoms with Crippen LogP contribution < -0.4 is 16.0 Å². The van der Waals surface area contributed by atoms with Crippen molar-refractivity contribution in [2.45, 2.75) is 13.1 Å². The van der Waals surface area contributed by atoms with Crippen LogP contribution in [0.4, 0.5) is 0 Å². The van der Waals surface area contributed by atoms with Crippen molar-refractivity contribution in [2.75, 3.05) is 7.11 Å². The van der Waals surface area contributed by atoms with E-state index in [0.29, 0.717) is 28.1 Å². The van der Waals surface area contributed by atoms with E-state index in [4.69, 9.17) is 4.74 Å². The maximum absolute atomic E-state index is 12.4. The summed E-state index contributed by atoms with van der Waals surface area (Å²) >= 11 is 2.04. The lowest BCUT2D eigenvalue weighted by atomic mass is 10.2. The molecule has 1 aromatic heterocycles. The Kier molecular flexibility index (Phi) is 3.90. The third-order valence-electron chi connectivity index (χ3n) is 3.72. The third kappa shape index (κ3) is 2.39. The number of halogens is 1. The second kappa shape index (κ2) is 5.71. The van der Waals surface area contributed by atoms with E-state index in [2.05, 4.69) is 4.99 Å². The second-order valence-corrected chi connectivity index (χ2v) is 6.03. The van der Waals surface area contributed by atoms with Crippen molar-refractivity contribution in [1.29, 1.82) is 0 Å². The van der Waals surface area contributed by atoms with Crippen LogP contribution in [0.2, 0.25) is 0 Å². The standard InChI is InChI=1S/C15H14IN3O3/c1-18-14(20)12-11(7-17-13(12)16)19(15(18)21)8-9-3-5-10(22-2)6-4-9/h3-6H,7-8H2,1-2H3. The van der Waals surface area contributed by atoms with E-state index >= 15 is 0 Å². The fourth-order valence-corrected chi connectivity index (χ4v) is 3.19. The predicted molar refractivity (Wildman–Crippen MR) is 92.3 cm³/mol. The van der Waals surface area contributed by atoms with Crippen LogP contribution in [0, 0.1) is 0 Å². The van der Waals surface area contributed by atoms with Gasteiger partial charge in [0.2, 0.25) is 0 Å². The van der Waals surface area contributed by atoms with Crippen molar-refractivity contribution in [1.82, 2.24) is 9.13 Å². The number of hydrogen-bond donors (Lipinski definition) is 0. The zero-order valence-corrected chi connectivity index (χ0v) is 14.3. The molecule has 0 spiro atoms. The molecule has 114 valence electrons. The molecule has 0 saturated carbocycles. The van der Waals surface area contributed by atoms with Gasteiger partial charge in [0.25, 0.3) is 5.56 Å². The van der Waals surface area contributed by atoms with Crippen molar-refractivity contribution >= 4 is 26.3 Å². The normalized spacial score (nSPS) is 13.0. The van der Waals surface area contributed by atoms with Crippen molar-refractivity contribution in [2.24, 2.45) is 12.0 Å². The quantitative estimate of drug-likeness (QED) is 0.716. The van der Waals surface area contributed by atoms with E-state index in [1.54, 1.807) is 11.7 Å². The molecular formula is C15H14IN3O3. The van der Waals surface area contributed by atoms with E-state index in [1.165, 1.54) is 7.05 Å². The molecular weight excluding hydrogens is 397 g/mol. The molecule has 22 heavy (non-hydrogen) atoms. The molecule has 0 amide bonds. The summed E-state index contributed by atoms with van der Waals surface area (Å²) in [6.45, 7) is 0.772. The first-order valence-corrected chi connectivity index (χ1v) is 7.76. The van der Waals surface area contributed by atoms with Crippen LogP contribution in [0.25, 0.3) is 0 Å². The average Bonchev–Trinajstić information content (AvgIpc) is 2.92. The summed E-state index contributed by atoms with van der Waals surface area (Å²) in [6.07, 6.45) is 0. The highest BCUT2D eigenvalue weighted by Gasteiger charge is 2.24. The van der Waals surface area contributed by atoms with Gasteiger partial charge in [-0.1, -0.05) is 12.1 Å². The minimum atomic E-state index is -0.319. The monoisotopic (exact) mass is 411 g/mol. The lowest BCUT2D eigenvalue weighted by Gasteiger charge is -2.13.